The Morgan fingerprint density at radius 3 is 2.66 bits per heavy atom. The highest BCUT2D eigenvalue weighted by Crippen LogP contribution is 2.34. The molecule has 0 radical (unpaired) electrons. The third kappa shape index (κ3) is 4.96. The maximum atomic E-state index is 13.2. The predicted molar refractivity (Wildman–Crippen MR) is 139 cm³/mol. The molecule has 1 saturated carbocycles. The van der Waals surface area contributed by atoms with Gasteiger partial charge in [-0.2, -0.15) is 0 Å². The molecule has 0 unspecified atom stereocenters. The van der Waals surface area contributed by atoms with Gasteiger partial charge >= 0.3 is 0 Å². The molecule has 4 amide bonds. The molecule has 38 heavy (non-hydrogen) atoms. The Balaban J connectivity index is 1.44. The van der Waals surface area contributed by atoms with E-state index >= 15 is 0 Å². The molecule has 5 N–H and O–H groups in total. The van der Waals surface area contributed by atoms with E-state index in [0.29, 0.717) is 17.8 Å². The minimum absolute atomic E-state index is 0.00772. The Labute approximate surface area is 221 Å². The highest BCUT2D eigenvalue weighted by Gasteiger charge is 2.30. The van der Waals surface area contributed by atoms with Crippen LogP contribution < -0.4 is 31.3 Å². The highest BCUT2D eigenvalue weighted by atomic mass is 16.5. The summed E-state index contributed by atoms with van der Waals surface area (Å²) in [5, 5.41) is 20.6. The molecule has 0 bridgehead atoms. The third-order valence-corrected chi connectivity index (χ3v) is 6.11. The van der Waals surface area contributed by atoms with Gasteiger partial charge in [-0.05, 0) is 42.7 Å². The van der Waals surface area contributed by atoms with Crippen molar-refractivity contribution >= 4 is 46.5 Å². The van der Waals surface area contributed by atoms with E-state index in [1.165, 1.54) is 19.2 Å². The van der Waals surface area contributed by atoms with Crippen LogP contribution in [-0.2, 0) is 11.3 Å². The summed E-state index contributed by atoms with van der Waals surface area (Å²) in [5.41, 5.74) is 1.72. The van der Waals surface area contributed by atoms with E-state index < -0.39 is 18.8 Å². The van der Waals surface area contributed by atoms with E-state index in [1.54, 1.807) is 30.3 Å². The van der Waals surface area contributed by atoms with Gasteiger partial charge in [0, 0.05) is 40.9 Å². The van der Waals surface area contributed by atoms with Gasteiger partial charge in [-0.3, -0.25) is 19.2 Å². The fraction of sp³-hybridized carbons (Fsp3) is 0.231. The van der Waals surface area contributed by atoms with Gasteiger partial charge in [0.25, 0.3) is 17.7 Å². The number of amides is 4. The molecule has 1 aliphatic heterocycles. The normalized spacial score (nSPS) is 15.2. The lowest BCUT2D eigenvalue weighted by Gasteiger charge is -2.17. The number of methoxy groups -OCH3 is 1. The van der Waals surface area contributed by atoms with E-state index in [-0.39, 0.29) is 51.9 Å². The van der Waals surface area contributed by atoms with Crippen LogP contribution in [0.5, 0.6) is 5.75 Å². The molecule has 12 nitrogen and oxygen atoms in total. The summed E-state index contributed by atoms with van der Waals surface area (Å²) >= 11 is 0. The summed E-state index contributed by atoms with van der Waals surface area (Å²) in [7, 11) is 1.35. The molecular weight excluding hydrogens is 490 g/mol. The van der Waals surface area contributed by atoms with Crippen LogP contribution in [0.3, 0.4) is 0 Å². The number of hydrogen-bond donors (Lipinski definition) is 5. The lowest BCUT2D eigenvalue weighted by molar-refractivity contribution is -0.117. The van der Waals surface area contributed by atoms with Gasteiger partial charge in [0.15, 0.2) is 17.3 Å². The summed E-state index contributed by atoms with van der Waals surface area (Å²) in [6.07, 6.45) is 1.52. The zero-order valence-electron chi connectivity index (χ0n) is 23.2. The van der Waals surface area contributed by atoms with Gasteiger partial charge in [0.1, 0.15) is 0 Å². The molecule has 194 valence electrons. The SMILES string of the molecule is [2H]C([2H])([2H])NC(=O)c1nnc(NC(=O)C2CC2)cc1Nc1cccc(C(=O)Nc2ccc3c(c2)C(=O)NC3)c1OC. The first-order chi connectivity index (χ1) is 19.5. The number of aromatic nitrogens is 2. The van der Waals surface area contributed by atoms with Crippen molar-refractivity contribution in [1.29, 1.82) is 0 Å². The fourth-order valence-corrected chi connectivity index (χ4v) is 4.02. The van der Waals surface area contributed by atoms with E-state index in [9.17, 15) is 19.2 Å². The molecule has 0 atom stereocenters. The largest absolute Gasteiger partial charge is 0.494 e. The number of carbonyl (C=O) groups is 4. The van der Waals surface area contributed by atoms with Crippen LogP contribution in [0.2, 0.25) is 0 Å². The maximum absolute atomic E-state index is 13.2. The average molecular weight is 519 g/mol. The number of ether oxygens (including phenoxy) is 1. The molecule has 2 aliphatic rings. The second-order valence-corrected chi connectivity index (χ2v) is 8.73. The van der Waals surface area contributed by atoms with E-state index in [4.69, 9.17) is 8.85 Å². The second-order valence-electron chi connectivity index (χ2n) is 8.73. The monoisotopic (exact) mass is 518 g/mol. The van der Waals surface area contributed by atoms with Crippen molar-refractivity contribution in [3.05, 3.63) is 64.8 Å². The molecule has 1 fully saturated rings. The van der Waals surface area contributed by atoms with Crippen LogP contribution in [0.25, 0.3) is 0 Å². The number of anilines is 4. The smallest absolute Gasteiger partial charge is 0.273 e. The Morgan fingerprint density at radius 1 is 1.05 bits per heavy atom. The van der Waals surface area contributed by atoms with Gasteiger partial charge < -0.3 is 31.3 Å². The Kier molecular flexibility index (Phi) is 5.65. The lowest BCUT2D eigenvalue weighted by Crippen LogP contribution is -2.22. The molecule has 5 rings (SSSR count). The van der Waals surface area contributed by atoms with Gasteiger partial charge in [0.05, 0.1) is 24.0 Å². The number of nitrogens with zero attached hydrogens (tertiary/aromatic N) is 2. The molecule has 1 aliphatic carbocycles. The summed E-state index contributed by atoms with van der Waals surface area (Å²) < 4.78 is 27.6. The Morgan fingerprint density at radius 2 is 1.89 bits per heavy atom. The molecule has 2 heterocycles. The number of fused-ring (bicyclic) bond motifs is 1. The number of para-hydroxylation sites is 1. The zero-order valence-corrected chi connectivity index (χ0v) is 20.2. The van der Waals surface area contributed by atoms with Crippen LogP contribution in [0.15, 0.2) is 42.5 Å². The quantitative estimate of drug-likeness (QED) is 0.304. The maximum Gasteiger partial charge on any atom is 0.273 e. The molecule has 1 aromatic heterocycles. The first-order valence-corrected chi connectivity index (χ1v) is 11.7. The standard InChI is InChI=1S/C26H25N7O5/c1-27-26(37)21-19(11-20(32-33-21)31-23(34)13-6-7-13)30-18-5-3-4-16(22(18)38-2)25(36)29-15-9-8-14-12-28-24(35)17(14)10-15/h3-5,8-11,13H,6-7,12H2,1-2H3,(H,27,37)(H,28,35)(H,29,36)(H2,30,31,32,34)/i1D3. The minimum atomic E-state index is -2.79. The lowest BCUT2D eigenvalue weighted by atomic mass is 10.1. The van der Waals surface area contributed by atoms with Gasteiger partial charge in [-0.1, -0.05) is 12.1 Å². The molecule has 12 heteroatoms. The van der Waals surface area contributed by atoms with Crippen LogP contribution in [0, 0.1) is 5.92 Å². The first-order valence-electron chi connectivity index (χ1n) is 13.2. The van der Waals surface area contributed by atoms with Crippen molar-refractivity contribution in [2.24, 2.45) is 5.92 Å². The summed E-state index contributed by atoms with van der Waals surface area (Å²) in [5.74, 6) is -2.01. The van der Waals surface area contributed by atoms with E-state index in [0.717, 1.165) is 18.4 Å². The van der Waals surface area contributed by atoms with Gasteiger partial charge in [-0.25, -0.2) is 0 Å². The number of benzene rings is 2. The fourth-order valence-electron chi connectivity index (χ4n) is 4.02. The van der Waals surface area contributed by atoms with Crippen LogP contribution in [-0.4, -0.2) is 47.9 Å². The Bertz CT molecular complexity index is 1570. The summed E-state index contributed by atoms with van der Waals surface area (Å²) in [6.45, 7) is -2.37. The topological polar surface area (TPSA) is 163 Å². The van der Waals surface area contributed by atoms with E-state index in [1.807, 2.05) is 5.32 Å². The number of nitrogens with one attached hydrogen (secondary N) is 5. The van der Waals surface area contributed by atoms with Crippen LogP contribution >= 0.6 is 0 Å². The van der Waals surface area contributed by atoms with Gasteiger partial charge in [0.2, 0.25) is 5.91 Å². The van der Waals surface area contributed by atoms with Gasteiger partial charge in [-0.15, -0.1) is 10.2 Å². The van der Waals surface area contributed by atoms with Crippen molar-refractivity contribution in [3.63, 3.8) is 0 Å². The molecular formula is C26H25N7O5. The van der Waals surface area contributed by atoms with Crippen molar-refractivity contribution in [1.82, 2.24) is 20.8 Å². The molecule has 3 aromatic rings. The van der Waals surface area contributed by atoms with E-state index in [2.05, 4.69) is 31.5 Å². The third-order valence-electron chi connectivity index (χ3n) is 6.11. The first kappa shape index (κ1) is 21.1. The summed E-state index contributed by atoms with van der Waals surface area (Å²) in [4.78, 5) is 50.3. The van der Waals surface area contributed by atoms with Crippen molar-refractivity contribution in [3.8, 4) is 5.75 Å². The van der Waals surface area contributed by atoms with Crippen LogP contribution in [0.4, 0.5) is 22.9 Å². The van der Waals surface area contributed by atoms with Crippen molar-refractivity contribution in [2.75, 3.05) is 30.0 Å². The summed E-state index contributed by atoms with van der Waals surface area (Å²) in [6, 6.07) is 11.0. The number of carbonyl (C=O) groups excluding carboxylic acids is 4. The van der Waals surface area contributed by atoms with Crippen LogP contribution in [0.1, 0.15) is 53.7 Å². The van der Waals surface area contributed by atoms with Crippen molar-refractivity contribution < 1.29 is 28.0 Å². The number of rotatable bonds is 8. The molecule has 0 spiro atoms. The zero-order chi connectivity index (χ0) is 29.3. The minimum Gasteiger partial charge on any atom is -0.494 e. The van der Waals surface area contributed by atoms with Crippen molar-refractivity contribution in [2.45, 2.75) is 19.4 Å². The second kappa shape index (κ2) is 10.2. The molecule has 0 saturated heterocycles. The average Bonchev–Trinajstić information content (AvgIpc) is 3.71. The predicted octanol–water partition coefficient (Wildman–Crippen LogP) is 2.43. The number of hydrogen-bond acceptors (Lipinski definition) is 8. The molecule has 2 aromatic carbocycles. The highest BCUT2D eigenvalue weighted by molar-refractivity contribution is 6.09. The Hall–Kier alpha value is -5.00.